The molecule has 1 aromatic carbocycles. The molecule has 0 unspecified atom stereocenters. The van der Waals surface area contributed by atoms with Gasteiger partial charge in [-0.1, -0.05) is 18.9 Å². The Hall–Kier alpha value is -3.75. The van der Waals surface area contributed by atoms with E-state index in [1.807, 2.05) is 12.1 Å². The molecule has 8 nitrogen and oxygen atoms in total. The van der Waals surface area contributed by atoms with Crippen LogP contribution in [0.15, 0.2) is 53.6 Å². The number of rotatable bonds is 5. The molecule has 0 atom stereocenters. The number of hydrogen-bond acceptors (Lipinski definition) is 4. The fourth-order valence-electron chi connectivity index (χ4n) is 4.35. The maximum atomic E-state index is 13.9. The number of carbonyl (C=O) groups is 1. The quantitative estimate of drug-likeness (QED) is 0.523. The molecule has 1 amide bonds. The van der Waals surface area contributed by atoms with Gasteiger partial charge in [-0.25, -0.2) is 13.8 Å². The summed E-state index contributed by atoms with van der Waals surface area (Å²) in [5.41, 5.74) is 0.986. The Morgan fingerprint density at radius 1 is 1.16 bits per heavy atom. The molecule has 1 saturated carbocycles. The molecule has 1 aliphatic rings. The number of amides is 1. The summed E-state index contributed by atoms with van der Waals surface area (Å²) < 4.78 is 18.4. The van der Waals surface area contributed by atoms with Gasteiger partial charge in [0.25, 0.3) is 5.56 Å². The van der Waals surface area contributed by atoms with Crippen molar-refractivity contribution in [3.63, 3.8) is 0 Å². The molecule has 1 N–H and O–H groups in total. The average Bonchev–Trinajstić information content (AvgIpc) is 3.51. The van der Waals surface area contributed by atoms with E-state index in [-0.39, 0.29) is 18.5 Å². The van der Waals surface area contributed by atoms with Crippen molar-refractivity contribution in [2.75, 3.05) is 0 Å². The van der Waals surface area contributed by atoms with Gasteiger partial charge in [-0.15, -0.1) is 0 Å². The van der Waals surface area contributed by atoms with Gasteiger partial charge in [0.1, 0.15) is 23.3 Å². The lowest BCUT2D eigenvalue weighted by Crippen LogP contribution is -2.38. The number of aryl methyl sites for hydroxylation is 1. The molecule has 9 heteroatoms. The maximum Gasteiger partial charge on any atom is 0.280 e. The number of hydrogen-bond donors (Lipinski definition) is 1. The highest BCUT2D eigenvalue weighted by molar-refractivity contribution is 5.88. The Labute approximate surface area is 183 Å². The van der Waals surface area contributed by atoms with Crippen molar-refractivity contribution in [2.45, 2.75) is 45.2 Å². The standard InChI is InChI=1S/C23H23FN6O2/c1-15-21-20(23(32)29(26-15)14-19(31)25-17-8-2-3-9-17)22(28-11-4-5-12-28)30(27-21)18-10-6-7-16(24)13-18/h4-7,10-13,17H,2-3,8-9,14H2,1H3,(H,25,31). The van der Waals surface area contributed by atoms with E-state index in [0.29, 0.717) is 28.1 Å². The van der Waals surface area contributed by atoms with Crippen LogP contribution < -0.4 is 10.9 Å². The number of benzene rings is 1. The summed E-state index contributed by atoms with van der Waals surface area (Å²) in [4.78, 5) is 26.0. The first-order valence-corrected chi connectivity index (χ1v) is 10.7. The maximum absolute atomic E-state index is 13.9. The van der Waals surface area contributed by atoms with E-state index in [1.54, 1.807) is 36.0 Å². The van der Waals surface area contributed by atoms with Crippen LogP contribution in [-0.4, -0.2) is 36.1 Å². The lowest BCUT2D eigenvalue weighted by atomic mass is 10.2. The third kappa shape index (κ3) is 3.59. The number of nitrogens with one attached hydrogen (secondary N) is 1. The highest BCUT2D eigenvalue weighted by Crippen LogP contribution is 2.25. The van der Waals surface area contributed by atoms with Crippen molar-refractivity contribution in [3.05, 3.63) is 70.7 Å². The van der Waals surface area contributed by atoms with Crippen LogP contribution in [0.3, 0.4) is 0 Å². The topological polar surface area (TPSA) is 86.7 Å². The second-order valence-electron chi connectivity index (χ2n) is 8.13. The molecule has 0 aliphatic heterocycles. The number of aromatic nitrogens is 5. The number of nitrogens with zero attached hydrogens (tertiary/aromatic N) is 5. The second kappa shape index (κ2) is 8.07. The van der Waals surface area contributed by atoms with Gasteiger partial charge in [0, 0.05) is 18.4 Å². The van der Waals surface area contributed by atoms with Crippen LogP contribution in [0.5, 0.6) is 0 Å². The van der Waals surface area contributed by atoms with Crippen LogP contribution in [-0.2, 0) is 11.3 Å². The van der Waals surface area contributed by atoms with Crippen molar-refractivity contribution in [1.29, 1.82) is 0 Å². The molecule has 1 aliphatic carbocycles. The van der Waals surface area contributed by atoms with Gasteiger partial charge in [0.2, 0.25) is 5.91 Å². The molecule has 0 radical (unpaired) electrons. The van der Waals surface area contributed by atoms with Gasteiger partial charge in [-0.05, 0) is 50.1 Å². The van der Waals surface area contributed by atoms with E-state index in [4.69, 9.17) is 0 Å². The fraction of sp³-hybridized carbons (Fsp3) is 0.304. The SMILES string of the molecule is Cc1nn(CC(=O)NC2CCCC2)c(=O)c2c(-n3cccc3)n(-c3cccc(F)c3)nc12. The van der Waals surface area contributed by atoms with Crippen molar-refractivity contribution < 1.29 is 9.18 Å². The largest absolute Gasteiger partial charge is 0.352 e. The second-order valence-corrected chi connectivity index (χ2v) is 8.13. The molecule has 164 valence electrons. The van der Waals surface area contributed by atoms with Gasteiger partial charge >= 0.3 is 0 Å². The number of fused-ring (bicyclic) bond motifs is 1. The summed E-state index contributed by atoms with van der Waals surface area (Å²) in [6.07, 6.45) is 7.72. The highest BCUT2D eigenvalue weighted by Gasteiger charge is 2.23. The fourth-order valence-corrected chi connectivity index (χ4v) is 4.35. The number of halogens is 1. The van der Waals surface area contributed by atoms with Crippen LogP contribution in [0.4, 0.5) is 4.39 Å². The predicted octanol–water partition coefficient (Wildman–Crippen LogP) is 2.88. The van der Waals surface area contributed by atoms with Gasteiger partial charge in [0.15, 0.2) is 5.82 Å². The van der Waals surface area contributed by atoms with Crippen LogP contribution in [0, 0.1) is 12.7 Å². The third-order valence-corrected chi connectivity index (χ3v) is 5.84. The summed E-state index contributed by atoms with van der Waals surface area (Å²) >= 11 is 0. The third-order valence-electron chi connectivity index (χ3n) is 5.84. The first kappa shape index (κ1) is 20.2. The van der Waals surface area contributed by atoms with E-state index in [0.717, 1.165) is 25.7 Å². The molecule has 0 saturated heterocycles. The molecular formula is C23H23FN6O2. The van der Waals surface area contributed by atoms with Crippen LogP contribution >= 0.6 is 0 Å². The minimum atomic E-state index is -0.418. The van der Waals surface area contributed by atoms with E-state index >= 15 is 0 Å². The van der Waals surface area contributed by atoms with Crippen LogP contribution in [0.25, 0.3) is 22.4 Å². The lowest BCUT2D eigenvalue weighted by molar-refractivity contribution is -0.122. The number of carbonyl (C=O) groups excluding carboxylic acids is 1. The zero-order valence-corrected chi connectivity index (χ0v) is 17.7. The van der Waals surface area contributed by atoms with Crippen molar-refractivity contribution in [1.82, 2.24) is 29.4 Å². The lowest BCUT2D eigenvalue weighted by Gasteiger charge is -2.13. The Bertz CT molecular complexity index is 1350. The summed E-state index contributed by atoms with van der Waals surface area (Å²) in [6, 6.07) is 9.84. The Morgan fingerprint density at radius 2 is 1.91 bits per heavy atom. The Morgan fingerprint density at radius 3 is 2.62 bits per heavy atom. The molecule has 0 spiro atoms. The van der Waals surface area contributed by atoms with E-state index in [2.05, 4.69) is 15.5 Å². The van der Waals surface area contributed by atoms with Gasteiger partial charge in [-0.2, -0.15) is 10.2 Å². The molecule has 5 rings (SSSR count). The highest BCUT2D eigenvalue weighted by atomic mass is 19.1. The molecule has 32 heavy (non-hydrogen) atoms. The zero-order chi connectivity index (χ0) is 22.2. The van der Waals surface area contributed by atoms with Crippen LogP contribution in [0.1, 0.15) is 31.4 Å². The van der Waals surface area contributed by atoms with Crippen molar-refractivity contribution >= 4 is 16.8 Å². The summed E-state index contributed by atoms with van der Waals surface area (Å²) in [6.45, 7) is 1.58. The molecule has 3 aromatic heterocycles. The summed E-state index contributed by atoms with van der Waals surface area (Å²) in [7, 11) is 0. The van der Waals surface area contributed by atoms with Crippen molar-refractivity contribution in [3.8, 4) is 11.5 Å². The first-order valence-electron chi connectivity index (χ1n) is 10.7. The van der Waals surface area contributed by atoms with Gasteiger partial charge < -0.3 is 9.88 Å². The monoisotopic (exact) mass is 434 g/mol. The summed E-state index contributed by atoms with van der Waals surface area (Å²) in [5, 5.41) is 12.3. The molecule has 1 fully saturated rings. The molecule has 3 heterocycles. The molecule has 0 bridgehead atoms. The smallest absolute Gasteiger partial charge is 0.280 e. The normalized spacial score (nSPS) is 14.3. The van der Waals surface area contributed by atoms with E-state index in [1.165, 1.54) is 21.5 Å². The molecular weight excluding hydrogens is 411 g/mol. The van der Waals surface area contributed by atoms with Crippen LogP contribution in [0.2, 0.25) is 0 Å². The zero-order valence-electron chi connectivity index (χ0n) is 17.7. The first-order chi connectivity index (χ1) is 15.5. The predicted molar refractivity (Wildman–Crippen MR) is 118 cm³/mol. The van der Waals surface area contributed by atoms with Gasteiger partial charge in [-0.3, -0.25) is 9.59 Å². The van der Waals surface area contributed by atoms with E-state index in [9.17, 15) is 14.0 Å². The summed E-state index contributed by atoms with van der Waals surface area (Å²) in [5.74, 6) is -0.169. The van der Waals surface area contributed by atoms with Crippen molar-refractivity contribution in [2.24, 2.45) is 0 Å². The van der Waals surface area contributed by atoms with Gasteiger partial charge in [0.05, 0.1) is 11.4 Å². The molecule has 4 aromatic rings. The minimum Gasteiger partial charge on any atom is -0.352 e. The average molecular weight is 434 g/mol. The van der Waals surface area contributed by atoms with E-state index < -0.39 is 11.4 Å². The Kier molecular flexibility index (Phi) is 5.08. The Balaban J connectivity index is 1.65. The minimum absolute atomic E-state index is 0.161.